The molecule has 0 unspecified atom stereocenters. The quantitative estimate of drug-likeness (QED) is 0.804. The second-order valence-corrected chi connectivity index (χ2v) is 6.37. The number of nitriles is 1. The minimum Gasteiger partial charge on any atom is -0.378 e. The zero-order valence-corrected chi connectivity index (χ0v) is 12.9. The molecule has 0 radical (unpaired) electrons. The number of anilines is 1. The van der Waals surface area contributed by atoms with E-state index in [1.165, 1.54) is 11.3 Å². The second kappa shape index (κ2) is 5.94. The lowest BCUT2D eigenvalue weighted by Crippen LogP contribution is -1.98. The van der Waals surface area contributed by atoms with Crippen LogP contribution in [-0.2, 0) is 6.54 Å². The number of thiophene rings is 1. The van der Waals surface area contributed by atoms with Crippen LogP contribution in [0.15, 0.2) is 28.7 Å². The van der Waals surface area contributed by atoms with E-state index in [9.17, 15) is 0 Å². The maximum atomic E-state index is 8.75. The van der Waals surface area contributed by atoms with Gasteiger partial charge in [0.05, 0.1) is 15.7 Å². The van der Waals surface area contributed by atoms with Gasteiger partial charge in [-0.25, -0.2) is 0 Å². The van der Waals surface area contributed by atoms with Gasteiger partial charge in [-0.05, 0) is 24.3 Å². The third kappa shape index (κ3) is 3.18. The smallest absolute Gasteiger partial charge is 0.110 e. The van der Waals surface area contributed by atoms with Crippen molar-refractivity contribution >= 4 is 56.2 Å². The van der Waals surface area contributed by atoms with Crippen LogP contribution in [0.1, 0.15) is 9.75 Å². The molecule has 0 spiro atoms. The number of hydrogen-bond acceptors (Lipinski definition) is 3. The van der Waals surface area contributed by atoms with Crippen LogP contribution < -0.4 is 5.32 Å². The third-order valence-electron chi connectivity index (χ3n) is 2.22. The molecule has 0 saturated carbocycles. The summed E-state index contributed by atoms with van der Waals surface area (Å²) in [6, 6.07) is 9.39. The summed E-state index contributed by atoms with van der Waals surface area (Å²) in [7, 11) is 0. The molecule has 2 nitrogen and oxygen atoms in total. The highest BCUT2D eigenvalue weighted by Crippen LogP contribution is 2.34. The number of hydrogen-bond donors (Lipinski definition) is 1. The van der Waals surface area contributed by atoms with E-state index < -0.39 is 0 Å². The summed E-state index contributed by atoms with van der Waals surface area (Å²) in [4.78, 5) is 1.75. The zero-order valence-electron chi connectivity index (χ0n) is 9.01. The fourth-order valence-corrected chi connectivity index (χ4v) is 3.51. The molecule has 0 aliphatic heterocycles. The SMILES string of the molecule is N#Cc1ccc(CNc2c(Cl)cc(Br)cc2Cl)s1. The van der Waals surface area contributed by atoms with Gasteiger partial charge in [0.15, 0.2) is 0 Å². The summed E-state index contributed by atoms with van der Waals surface area (Å²) in [5.74, 6) is 0. The minimum atomic E-state index is 0.562. The molecule has 0 atom stereocenters. The fraction of sp³-hybridized carbons (Fsp3) is 0.0833. The van der Waals surface area contributed by atoms with E-state index in [0.717, 1.165) is 9.35 Å². The first kappa shape index (κ1) is 13.7. The van der Waals surface area contributed by atoms with Gasteiger partial charge in [0, 0.05) is 15.9 Å². The van der Waals surface area contributed by atoms with Crippen molar-refractivity contribution in [3.63, 3.8) is 0 Å². The maximum Gasteiger partial charge on any atom is 0.110 e. The first-order chi connectivity index (χ1) is 8.60. The van der Waals surface area contributed by atoms with E-state index in [1.807, 2.05) is 6.07 Å². The Morgan fingerprint density at radius 3 is 2.50 bits per heavy atom. The van der Waals surface area contributed by atoms with E-state index in [2.05, 4.69) is 27.3 Å². The van der Waals surface area contributed by atoms with E-state index in [0.29, 0.717) is 27.2 Å². The van der Waals surface area contributed by atoms with Gasteiger partial charge in [-0.1, -0.05) is 39.1 Å². The van der Waals surface area contributed by atoms with Gasteiger partial charge in [0.1, 0.15) is 10.9 Å². The summed E-state index contributed by atoms with van der Waals surface area (Å²) in [6.07, 6.45) is 0. The van der Waals surface area contributed by atoms with Gasteiger partial charge in [0.25, 0.3) is 0 Å². The molecule has 0 fully saturated rings. The zero-order chi connectivity index (χ0) is 13.1. The molecular formula is C12H7BrCl2N2S. The van der Waals surface area contributed by atoms with Gasteiger partial charge >= 0.3 is 0 Å². The number of nitrogens with one attached hydrogen (secondary N) is 1. The standard InChI is InChI=1S/C12H7BrCl2N2S/c13-7-3-10(14)12(11(15)4-7)17-6-9-2-1-8(5-16)18-9/h1-4,17H,6H2. The van der Waals surface area contributed by atoms with Crippen molar-refractivity contribution in [3.8, 4) is 6.07 Å². The van der Waals surface area contributed by atoms with Crippen LogP contribution in [0.5, 0.6) is 0 Å². The Morgan fingerprint density at radius 1 is 1.28 bits per heavy atom. The van der Waals surface area contributed by atoms with Crippen LogP contribution in [0.25, 0.3) is 0 Å². The molecule has 6 heteroatoms. The molecule has 2 aromatic rings. The number of rotatable bonds is 3. The molecule has 0 aliphatic carbocycles. The van der Waals surface area contributed by atoms with Crippen LogP contribution in [0.4, 0.5) is 5.69 Å². The Balaban J connectivity index is 2.13. The Bertz CT molecular complexity index is 596. The summed E-state index contributed by atoms with van der Waals surface area (Å²) >= 11 is 17.0. The highest BCUT2D eigenvalue weighted by molar-refractivity contribution is 9.10. The maximum absolute atomic E-state index is 8.75. The fourth-order valence-electron chi connectivity index (χ4n) is 1.42. The molecule has 1 N–H and O–H groups in total. The van der Waals surface area contributed by atoms with Gasteiger partial charge in [0.2, 0.25) is 0 Å². The minimum absolute atomic E-state index is 0.562. The topological polar surface area (TPSA) is 35.8 Å². The van der Waals surface area contributed by atoms with Crippen molar-refractivity contribution in [3.05, 3.63) is 48.5 Å². The first-order valence-electron chi connectivity index (χ1n) is 4.97. The average Bonchev–Trinajstić information content (AvgIpc) is 2.75. The van der Waals surface area contributed by atoms with Crippen molar-refractivity contribution in [2.75, 3.05) is 5.32 Å². The summed E-state index contributed by atoms with van der Waals surface area (Å²) < 4.78 is 0.839. The van der Waals surface area contributed by atoms with Crippen molar-refractivity contribution in [2.45, 2.75) is 6.54 Å². The highest BCUT2D eigenvalue weighted by Gasteiger charge is 2.08. The summed E-state index contributed by atoms with van der Waals surface area (Å²) in [5, 5.41) is 13.0. The van der Waals surface area contributed by atoms with Crippen molar-refractivity contribution in [2.24, 2.45) is 0 Å². The van der Waals surface area contributed by atoms with Gasteiger partial charge in [-0.3, -0.25) is 0 Å². The molecule has 2 rings (SSSR count). The molecule has 0 aliphatic rings. The molecule has 18 heavy (non-hydrogen) atoms. The van der Waals surface area contributed by atoms with Crippen LogP contribution in [0, 0.1) is 11.3 Å². The predicted octanol–water partition coefficient (Wildman–Crippen LogP) is 5.30. The monoisotopic (exact) mass is 360 g/mol. The summed E-state index contributed by atoms with van der Waals surface area (Å²) in [5.41, 5.74) is 0.702. The molecular weight excluding hydrogens is 355 g/mol. The first-order valence-corrected chi connectivity index (χ1v) is 7.34. The van der Waals surface area contributed by atoms with Gasteiger partial charge < -0.3 is 5.32 Å². The van der Waals surface area contributed by atoms with Gasteiger partial charge in [-0.15, -0.1) is 11.3 Å². The third-order valence-corrected chi connectivity index (χ3v) is 4.26. The normalized spacial score (nSPS) is 10.1. The lowest BCUT2D eigenvalue weighted by molar-refractivity contribution is 1.19. The molecule has 1 aromatic carbocycles. The molecule has 1 aromatic heterocycles. The molecule has 0 bridgehead atoms. The molecule has 1 heterocycles. The Morgan fingerprint density at radius 2 is 1.94 bits per heavy atom. The molecule has 0 saturated heterocycles. The van der Waals surface area contributed by atoms with Crippen LogP contribution in [0.2, 0.25) is 10.0 Å². The Labute approximate surface area is 127 Å². The number of nitrogens with zero attached hydrogens (tertiary/aromatic N) is 1. The lowest BCUT2D eigenvalue weighted by atomic mass is 10.3. The van der Waals surface area contributed by atoms with Crippen LogP contribution in [0.3, 0.4) is 0 Å². The van der Waals surface area contributed by atoms with E-state index in [4.69, 9.17) is 28.5 Å². The predicted molar refractivity (Wildman–Crippen MR) is 80.5 cm³/mol. The lowest BCUT2D eigenvalue weighted by Gasteiger charge is -2.09. The van der Waals surface area contributed by atoms with E-state index in [-0.39, 0.29) is 0 Å². The number of benzene rings is 1. The molecule has 0 amide bonds. The van der Waals surface area contributed by atoms with E-state index in [1.54, 1.807) is 18.2 Å². The van der Waals surface area contributed by atoms with Crippen molar-refractivity contribution in [1.82, 2.24) is 0 Å². The van der Waals surface area contributed by atoms with Crippen molar-refractivity contribution in [1.29, 1.82) is 5.26 Å². The summed E-state index contributed by atoms with van der Waals surface area (Å²) in [6.45, 7) is 0.591. The second-order valence-electron chi connectivity index (χ2n) is 3.48. The largest absolute Gasteiger partial charge is 0.378 e. The number of halogens is 3. The van der Waals surface area contributed by atoms with Crippen LogP contribution in [-0.4, -0.2) is 0 Å². The Hall–Kier alpha value is -0.730. The average molecular weight is 362 g/mol. The highest BCUT2D eigenvalue weighted by atomic mass is 79.9. The van der Waals surface area contributed by atoms with E-state index >= 15 is 0 Å². The Kier molecular flexibility index (Phi) is 4.52. The van der Waals surface area contributed by atoms with Gasteiger partial charge in [-0.2, -0.15) is 5.26 Å². The van der Waals surface area contributed by atoms with Crippen molar-refractivity contribution < 1.29 is 0 Å². The molecule has 92 valence electrons. The van der Waals surface area contributed by atoms with Crippen LogP contribution >= 0.6 is 50.5 Å².